The van der Waals surface area contributed by atoms with Crippen molar-refractivity contribution in [3.8, 4) is 0 Å². The molecule has 0 radical (unpaired) electrons. The van der Waals surface area contributed by atoms with Crippen LogP contribution in [0.2, 0.25) is 0 Å². The number of hydrogen-bond donors (Lipinski definition) is 3. The summed E-state index contributed by atoms with van der Waals surface area (Å²) in [5.74, 6) is -1.14. The number of urea groups is 1. The fourth-order valence-corrected chi connectivity index (χ4v) is 1.52. The van der Waals surface area contributed by atoms with E-state index in [1.54, 1.807) is 18.2 Å². The second-order valence-corrected chi connectivity index (χ2v) is 4.10. The molecule has 0 aliphatic carbocycles. The number of carbonyl (C=O) groups is 2. The number of nitro benzene ring substituents is 1. The smallest absolute Gasteiger partial charge is 0.325 e. The monoisotopic (exact) mass is 281 g/mol. The van der Waals surface area contributed by atoms with Crippen molar-refractivity contribution in [3.05, 3.63) is 39.9 Å². The summed E-state index contributed by atoms with van der Waals surface area (Å²) in [5.41, 5.74) is 0.498. The Balaban J connectivity index is 2.47. The summed E-state index contributed by atoms with van der Waals surface area (Å²) in [6.07, 6.45) is 0.284. The lowest BCUT2D eigenvalue weighted by atomic mass is 10.1. The van der Waals surface area contributed by atoms with E-state index in [9.17, 15) is 19.7 Å². The number of hydrogen-bond acceptors (Lipinski definition) is 4. The van der Waals surface area contributed by atoms with Gasteiger partial charge in [0.25, 0.3) is 5.69 Å². The first kappa shape index (κ1) is 15.4. The molecule has 1 aromatic carbocycles. The molecule has 0 heterocycles. The number of nitrogens with one attached hydrogen (secondary N) is 2. The first-order chi connectivity index (χ1) is 9.41. The molecule has 1 unspecified atom stereocenters. The molecule has 0 fully saturated rings. The van der Waals surface area contributed by atoms with Gasteiger partial charge in [-0.1, -0.05) is 18.2 Å². The minimum absolute atomic E-state index is 0.00591. The largest absolute Gasteiger partial charge is 0.480 e. The Labute approximate surface area is 114 Å². The highest BCUT2D eigenvalue weighted by molar-refractivity contribution is 5.82. The average molecular weight is 281 g/mol. The van der Waals surface area contributed by atoms with Gasteiger partial charge in [-0.2, -0.15) is 0 Å². The maximum absolute atomic E-state index is 11.3. The van der Waals surface area contributed by atoms with E-state index in [4.69, 9.17) is 5.11 Å². The van der Waals surface area contributed by atoms with Gasteiger partial charge >= 0.3 is 12.0 Å². The lowest BCUT2D eigenvalue weighted by Crippen LogP contribution is -2.44. The number of benzene rings is 1. The molecular weight excluding hydrogens is 266 g/mol. The predicted molar refractivity (Wildman–Crippen MR) is 70.4 cm³/mol. The van der Waals surface area contributed by atoms with Crippen LogP contribution in [0.3, 0.4) is 0 Å². The van der Waals surface area contributed by atoms with E-state index in [-0.39, 0.29) is 18.7 Å². The normalized spacial score (nSPS) is 11.4. The van der Waals surface area contributed by atoms with Gasteiger partial charge in [-0.15, -0.1) is 0 Å². The van der Waals surface area contributed by atoms with Crippen LogP contribution in [0, 0.1) is 10.1 Å². The molecule has 2 amide bonds. The zero-order valence-corrected chi connectivity index (χ0v) is 10.8. The molecule has 0 saturated heterocycles. The summed E-state index contributed by atoms with van der Waals surface area (Å²) in [5, 5.41) is 24.1. The number of carboxylic acids is 1. The van der Waals surface area contributed by atoms with E-state index in [1.807, 2.05) is 0 Å². The van der Waals surface area contributed by atoms with Crippen LogP contribution < -0.4 is 10.6 Å². The van der Waals surface area contributed by atoms with E-state index >= 15 is 0 Å². The molecule has 0 aliphatic rings. The van der Waals surface area contributed by atoms with E-state index in [0.29, 0.717) is 5.56 Å². The van der Waals surface area contributed by atoms with Gasteiger partial charge in [0.05, 0.1) is 4.92 Å². The van der Waals surface area contributed by atoms with Crippen molar-refractivity contribution in [1.82, 2.24) is 10.6 Å². The molecular formula is C12H15N3O5. The molecule has 108 valence electrons. The molecule has 0 saturated carbocycles. The van der Waals surface area contributed by atoms with Gasteiger partial charge in [-0.25, -0.2) is 4.79 Å². The maximum atomic E-state index is 11.3. The van der Waals surface area contributed by atoms with Crippen molar-refractivity contribution in [2.45, 2.75) is 19.4 Å². The summed E-state index contributed by atoms with van der Waals surface area (Å²) >= 11 is 0. The fourth-order valence-electron chi connectivity index (χ4n) is 1.52. The summed E-state index contributed by atoms with van der Waals surface area (Å²) in [6, 6.07) is 4.62. The minimum atomic E-state index is -1.14. The number of para-hydroxylation sites is 1. The van der Waals surface area contributed by atoms with Crippen molar-refractivity contribution in [2.75, 3.05) is 6.54 Å². The maximum Gasteiger partial charge on any atom is 0.325 e. The third-order valence-corrected chi connectivity index (χ3v) is 2.59. The Morgan fingerprint density at radius 3 is 2.65 bits per heavy atom. The minimum Gasteiger partial charge on any atom is -0.480 e. The number of rotatable bonds is 6. The summed E-state index contributed by atoms with van der Waals surface area (Å²) < 4.78 is 0. The van der Waals surface area contributed by atoms with E-state index < -0.39 is 23.0 Å². The molecule has 0 bridgehead atoms. The van der Waals surface area contributed by atoms with Gasteiger partial charge in [-0.05, 0) is 13.3 Å². The molecule has 1 rings (SSSR count). The van der Waals surface area contributed by atoms with Crippen LogP contribution in [0.25, 0.3) is 0 Å². The zero-order valence-electron chi connectivity index (χ0n) is 10.8. The summed E-state index contributed by atoms with van der Waals surface area (Å²) in [7, 11) is 0. The van der Waals surface area contributed by atoms with E-state index in [0.717, 1.165) is 0 Å². The van der Waals surface area contributed by atoms with Crippen LogP contribution in [0.5, 0.6) is 0 Å². The molecule has 1 aromatic rings. The quantitative estimate of drug-likeness (QED) is 0.528. The molecule has 20 heavy (non-hydrogen) atoms. The summed E-state index contributed by atoms with van der Waals surface area (Å²) in [6.45, 7) is 1.51. The third kappa shape index (κ3) is 4.56. The Kier molecular flexibility index (Phi) is 5.45. The first-order valence-corrected chi connectivity index (χ1v) is 5.91. The second kappa shape index (κ2) is 7.07. The topological polar surface area (TPSA) is 122 Å². The number of carbonyl (C=O) groups excluding carboxylic acids is 1. The molecule has 8 heteroatoms. The van der Waals surface area contributed by atoms with Crippen LogP contribution in [-0.2, 0) is 11.2 Å². The molecule has 8 nitrogen and oxygen atoms in total. The molecule has 0 aliphatic heterocycles. The van der Waals surface area contributed by atoms with Crippen LogP contribution >= 0.6 is 0 Å². The fraction of sp³-hybridized carbons (Fsp3) is 0.333. The number of amides is 2. The van der Waals surface area contributed by atoms with Crippen LogP contribution in [-0.4, -0.2) is 34.6 Å². The third-order valence-electron chi connectivity index (χ3n) is 2.59. The van der Waals surface area contributed by atoms with Crippen molar-refractivity contribution >= 4 is 17.7 Å². The first-order valence-electron chi connectivity index (χ1n) is 5.91. The number of nitrogens with zero attached hydrogens (tertiary/aromatic N) is 1. The zero-order chi connectivity index (χ0) is 15.1. The van der Waals surface area contributed by atoms with Crippen LogP contribution in [0.15, 0.2) is 24.3 Å². The predicted octanol–water partition coefficient (Wildman–Crippen LogP) is 0.910. The Morgan fingerprint density at radius 1 is 1.40 bits per heavy atom. The molecule has 0 spiro atoms. The lowest BCUT2D eigenvalue weighted by molar-refractivity contribution is -0.385. The van der Waals surface area contributed by atoms with E-state index in [2.05, 4.69) is 10.6 Å². The van der Waals surface area contributed by atoms with Gasteiger partial charge in [0.1, 0.15) is 6.04 Å². The van der Waals surface area contributed by atoms with Crippen LogP contribution in [0.1, 0.15) is 12.5 Å². The highest BCUT2D eigenvalue weighted by atomic mass is 16.6. The number of carboxylic acid groups (broad SMARTS) is 1. The van der Waals surface area contributed by atoms with Gasteiger partial charge in [0.2, 0.25) is 0 Å². The van der Waals surface area contributed by atoms with Gasteiger partial charge in [0, 0.05) is 18.2 Å². The molecule has 1 atom stereocenters. The number of nitro groups is 1. The van der Waals surface area contributed by atoms with Crippen molar-refractivity contribution < 1.29 is 19.6 Å². The Morgan fingerprint density at radius 2 is 2.05 bits per heavy atom. The van der Waals surface area contributed by atoms with Crippen molar-refractivity contribution in [3.63, 3.8) is 0 Å². The van der Waals surface area contributed by atoms with E-state index in [1.165, 1.54) is 13.0 Å². The van der Waals surface area contributed by atoms with Crippen molar-refractivity contribution in [1.29, 1.82) is 0 Å². The highest BCUT2D eigenvalue weighted by Crippen LogP contribution is 2.17. The molecule has 3 N–H and O–H groups in total. The Hall–Kier alpha value is -2.64. The lowest BCUT2D eigenvalue weighted by Gasteiger charge is -2.10. The van der Waals surface area contributed by atoms with Crippen molar-refractivity contribution in [2.24, 2.45) is 0 Å². The van der Waals surface area contributed by atoms with Gasteiger partial charge < -0.3 is 15.7 Å². The number of aliphatic carboxylic acids is 1. The van der Waals surface area contributed by atoms with Gasteiger partial charge in [0.15, 0.2) is 0 Å². The molecule has 0 aromatic heterocycles. The second-order valence-electron chi connectivity index (χ2n) is 4.10. The average Bonchev–Trinajstić information content (AvgIpc) is 2.38. The highest BCUT2D eigenvalue weighted by Gasteiger charge is 2.14. The van der Waals surface area contributed by atoms with Gasteiger partial charge in [-0.3, -0.25) is 14.9 Å². The Bertz CT molecular complexity index is 518. The standard InChI is InChI=1S/C12H15N3O5/c1-8(11(16)17)14-12(18)13-7-6-9-4-2-3-5-10(9)15(19)20/h2-5,8H,6-7H2,1H3,(H,16,17)(H2,13,14,18). The SMILES string of the molecule is CC(NC(=O)NCCc1ccccc1[N+](=O)[O-])C(=O)O. The summed E-state index contributed by atoms with van der Waals surface area (Å²) in [4.78, 5) is 32.2. The van der Waals surface area contributed by atoms with Crippen LogP contribution in [0.4, 0.5) is 10.5 Å².